The van der Waals surface area contributed by atoms with Crippen molar-refractivity contribution in [1.82, 2.24) is 10.6 Å². The van der Waals surface area contributed by atoms with E-state index >= 15 is 0 Å². The topological polar surface area (TPSA) is 58.2 Å². The molecular weight excluding hydrogens is 240 g/mol. The molecule has 0 spiro atoms. The highest BCUT2D eigenvalue weighted by Crippen LogP contribution is 2.26. The zero-order chi connectivity index (χ0) is 13.5. The van der Waals surface area contributed by atoms with Gasteiger partial charge in [0.2, 0.25) is 12.8 Å². The molecule has 19 heavy (non-hydrogen) atoms. The van der Waals surface area contributed by atoms with Crippen molar-refractivity contribution in [3.8, 4) is 0 Å². The van der Waals surface area contributed by atoms with Gasteiger partial charge in [0.1, 0.15) is 0 Å². The number of carbonyl (C=O) groups excluding carboxylic acids is 2. The Bertz CT molecular complexity index is 424. The first-order valence-electron chi connectivity index (χ1n) is 6.76. The smallest absolute Gasteiger partial charge is 0.207 e. The summed E-state index contributed by atoms with van der Waals surface area (Å²) in [5, 5.41) is 5.59. The summed E-state index contributed by atoms with van der Waals surface area (Å²) in [4.78, 5) is 20.7. The molecule has 4 heteroatoms. The van der Waals surface area contributed by atoms with Gasteiger partial charge in [-0.3, -0.25) is 9.59 Å². The molecule has 0 aromatic rings. The molecule has 2 rings (SSSR count). The van der Waals surface area contributed by atoms with Crippen LogP contribution in [0.3, 0.4) is 0 Å². The van der Waals surface area contributed by atoms with E-state index in [-0.39, 0.29) is 6.04 Å². The minimum Gasteiger partial charge on any atom is -0.356 e. The predicted octanol–water partition coefficient (Wildman–Crippen LogP) is 1.60. The average molecular weight is 260 g/mol. The van der Waals surface area contributed by atoms with Crippen LogP contribution in [0.4, 0.5) is 0 Å². The van der Waals surface area contributed by atoms with Gasteiger partial charge in [-0.1, -0.05) is 29.9 Å². The number of hydrogen-bond acceptors (Lipinski definition) is 2. The van der Waals surface area contributed by atoms with E-state index < -0.39 is 0 Å². The molecule has 0 fully saturated rings. The van der Waals surface area contributed by atoms with Gasteiger partial charge in [0.15, 0.2) is 0 Å². The number of rotatable bonds is 6. The molecule has 2 aliphatic rings. The molecular formula is C15H20N2O2. The van der Waals surface area contributed by atoms with Crippen LogP contribution < -0.4 is 10.6 Å². The third-order valence-corrected chi connectivity index (χ3v) is 3.70. The second-order valence-electron chi connectivity index (χ2n) is 5.06. The molecule has 2 N–H and O–H groups in total. The molecule has 2 unspecified atom stereocenters. The van der Waals surface area contributed by atoms with Crippen LogP contribution in [0, 0.1) is 0 Å². The summed E-state index contributed by atoms with van der Waals surface area (Å²) in [7, 11) is 0. The first-order valence-corrected chi connectivity index (χ1v) is 6.76. The number of allylic oxidation sites excluding steroid dienone is 3. The fourth-order valence-corrected chi connectivity index (χ4v) is 2.57. The van der Waals surface area contributed by atoms with E-state index in [4.69, 9.17) is 0 Å². The highest BCUT2D eigenvalue weighted by Gasteiger charge is 2.15. The Hall–Kier alpha value is -1.84. The van der Waals surface area contributed by atoms with Crippen LogP contribution in [0.25, 0.3) is 0 Å². The van der Waals surface area contributed by atoms with E-state index in [1.165, 1.54) is 11.1 Å². The maximum Gasteiger partial charge on any atom is 0.207 e. The van der Waals surface area contributed by atoms with Gasteiger partial charge < -0.3 is 10.6 Å². The molecule has 0 bridgehead atoms. The summed E-state index contributed by atoms with van der Waals surface area (Å²) in [5.74, 6) is 0. The quantitative estimate of drug-likeness (QED) is 0.563. The van der Waals surface area contributed by atoms with Gasteiger partial charge in [0, 0.05) is 6.04 Å². The second-order valence-corrected chi connectivity index (χ2v) is 5.06. The number of nitrogens with one attached hydrogen (secondary N) is 2. The Morgan fingerprint density at radius 2 is 2.00 bits per heavy atom. The van der Waals surface area contributed by atoms with Gasteiger partial charge in [0.05, 0.1) is 6.04 Å². The normalized spacial score (nSPS) is 26.1. The van der Waals surface area contributed by atoms with E-state index in [0.717, 1.165) is 44.9 Å². The second kappa shape index (κ2) is 6.92. The molecule has 4 nitrogen and oxygen atoms in total. The minimum atomic E-state index is 0.141. The molecule has 2 aliphatic carbocycles. The van der Waals surface area contributed by atoms with E-state index in [1.54, 1.807) is 0 Å². The molecule has 0 saturated heterocycles. The third-order valence-electron chi connectivity index (χ3n) is 3.70. The van der Waals surface area contributed by atoms with Crippen molar-refractivity contribution < 1.29 is 9.59 Å². The van der Waals surface area contributed by atoms with Gasteiger partial charge in [-0.15, -0.1) is 0 Å². The van der Waals surface area contributed by atoms with Crippen LogP contribution in [0.15, 0.2) is 35.5 Å². The van der Waals surface area contributed by atoms with Gasteiger partial charge in [0.25, 0.3) is 0 Å². The van der Waals surface area contributed by atoms with Crippen LogP contribution in [0.1, 0.15) is 32.1 Å². The lowest BCUT2D eigenvalue weighted by Gasteiger charge is -2.22. The summed E-state index contributed by atoms with van der Waals surface area (Å²) < 4.78 is 0. The Morgan fingerprint density at radius 1 is 1.16 bits per heavy atom. The van der Waals surface area contributed by atoms with Gasteiger partial charge in [-0.2, -0.15) is 0 Å². The molecule has 0 radical (unpaired) electrons. The molecule has 2 atom stereocenters. The zero-order valence-corrected chi connectivity index (χ0v) is 11.0. The van der Waals surface area contributed by atoms with Crippen LogP contribution in [0.2, 0.25) is 0 Å². The highest BCUT2D eigenvalue weighted by atomic mass is 16.1. The minimum absolute atomic E-state index is 0.141. The number of hydrogen-bond donors (Lipinski definition) is 2. The first-order chi connectivity index (χ1) is 9.31. The molecule has 0 heterocycles. The zero-order valence-electron chi connectivity index (χ0n) is 11.0. The lowest BCUT2D eigenvalue weighted by molar-refractivity contribution is -0.110. The largest absolute Gasteiger partial charge is 0.356 e. The van der Waals surface area contributed by atoms with Crippen LogP contribution >= 0.6 is 0 Å². The monoisotopic (exact) mass is 260 g/mol. The molecule has 102 valence electrons. The van der Waals surface area contributed by atoms with Crippen molar-refractivity contribution >= 4 is 12.8 Å². The van der Waals surface area contributed by atoms with Gasteiger partial charge in [-0.25, -0.2) is 0 Å². The lowest BCUT2D eigenvalue weighted by atomic mass is 9.89. The molecule has 2 amide bonds. The molecule has 0 saturated carbocycles. The van der Waals surface area contributed by atoms with Crippen molar-refractivity contribution in [3.63, 3.8) is 0 Å². The molecule has 0 aromatic carbocycles. The predicted molar refractivity (Wildman–Crippen MR) is 74.4 cm³/mol. The first kappa shape index (κ1) is 13.6. The SMILES string of the molecule is O=CNC1C=CC(CC2=CCC(NC=O)CC2)=CC1. The number of carbonyl (C=O) groups is 2. The van der Waals surface area contributed by atoms with Crippen molar-refractivity contribution in [2.45, 2.75) is 44.2 Å². The standard InChI is InChI=1S/C15H20N2O2/c18-10-16-14-5-1-12(2-6-14)9-13-3-7-15(8-4-13)17-11-19/h1-3,5,10-11,14-15H,4,6-9H2,(H,16,18)(H,17,19). The van der Waals surface area contributed by atoms with Crippen LogP contribution in [0.5, 0.6) is 0 Å². The molecule has 0 aliphatic heterocycles. The van der Waals surface area contributed by atoms with Gasteiger partial charge >= 0.3 is 0 Å². The van der Waals surface area contributed by atoms with E-state index in [9.17, 15) is 9.59 Å². The van der Waals surface area contributed by atoms with E-state index in [2.05, 4.69) is 28.9 Å². The lowest BCUT2D eigenvalue weighted by Crippen LogP contribution is -2.29. The van der Waals surface area contributed by atoms with E-state index in [0.29, 0.717) is 6.04 Å². The van der Waals surface area contributed by atoms with Crippen LogP contribution in [-0.2, 0) is 9.59 Å². The Balaban J connectivity index is 1.82. The summed E-state index contributed by atoms with van der Waals surface area (Å²) in [6, 6.07) is 0.445. The average Bonchev–Trinajstić information content (AvgIpc) is 2.44. The fourth-order valence-electron chi connectivity index (χ4n) is 2.57. The van der Waals surface area contributed by atoms with Crippen molar-refractivity contribution in [3.05, 3.63) is 35.5 Å². The summed E-state index contributed by atoms with van der Waals surface area (Å²) in [6.45, 7) is 0. The number of amides is 2. The third kappa shape index (κ3) is 4.09. The maximum atomic E-state index is 10.4. The summed E-state index contributed by atoms with van der Waals surface area (Å²) >= 11 is 0. The van der Waals surface area contributed by atoms with E-state index in [1.807, 2.05) is 6.08 Å². The maximum absolute atomic E-state index is 10.4. The summed E-state index contributed by atoms with van der Waals surface area (Å²) in [6.07, 6.45) is 15.0. The Morgan fingerprint density at radius 3 is 2.58 bits per heavy atom. The van der Waals surface area contributed by atoms with Crippen molar-refractivity contribution in [2.24, 2.45) is 0 Å². The highest BCUT2D eigenvalue weighted by molar-refractivity contribution is 5.48. The molecule has 0 aromatic heterocycles. The van der Waals surface area contributed by atoms with Gasteiger partial charge in [-0.05, 0) is 37.7 Å². The summed E-state index contributed by atoms with van der Waals surface area (Å²) in [5.41, 5.74) is 2.76. The fraction of sp³-hybridized carbons (Fsp3) is 0.467. The Kier molecular flexibility index (Phi) is 4.95. The Labute approximate surface area is 113 Å². The van der Waals surface area contributed by atoms with Crippen molar-refractivity contribution in [2.75, 3.05) is 0 Å². The van der Waals surface area contributed by atoms with Crippen LogP contribution in [-0.4, -0.2) is 24.9 Å². The van der Waals surface area contributed by atoms with Crippen molar-refractivity contribution in [1.29, 1.82) is 0 Å².